The van der Waals surface area contributed by atoms with Crippen LogP contribution in [0.1, 0.15) is 6.42 Å². The lowest BCUT2D eigenvalue weighted by atomic mass is 10.3. The summed E-state index contributed by atoms with van der Waals surface area (Å²) in [5.74, 6) is 0.587. The van der Waals surface area contributed by atoms with E-state index in [1.165, 1.54) is 6.33 Å². The molecule has 0 saturated carbocycles. The van der Waals surface area contributed by atoms with E-state index in [0.29, 0.717) is 32.0 Å². The van der Waals surface area contributed by atoms with Crippen LogP contribution in [0.4, 0.5) is 17.3 Å². The van der Waals surface area contributed by atoms with Gasteiger partial charge in [0.2, 0.25) is 11.6 Å². The van der Waals surface area contributed by atoms with E-state index in [9.17, 15) is 10.1 Å². The number of aromatic nitrogens is 4. The van der Waals surface area contributed by atoms with Gasteiger partial charge in [0.25, 0.3) is 0 Å². The van der Waals surface area contributed by atoms with Gasteiger partial charge in [-0.3, -0.25) is 15.0 Å². The van der Waals surface area contributed by atoms with Gasteiger partial charge in [0.05, 0.1) is 17.9 Å². The maximum atomic E-state index is 11.7. The Labute approximate surface area is 156 Å². The van der Waals surface area contributed by atoms with Gasteiger partial charge in [-0.05, 0) is 6.42 Å². The van der Waals surface area contributed by atoms with E-state index in [-0.39, 0.29) is 18.1 Å². The van der Waals surface area contributed by atoms with Crippen LogP contribution in [0, 0.1) is 10.1 Å². The lowest BCUT2D eigenvalue weighted by Gasteiger charge is -2.34. The Balaban J connectivity index is 1.64. The Bertz CT molecular complexity index is 731. The summed E-state index contributed by atoms with van der Waals surface area (Å²) in [7, 11) is 0. The molecule has 0 bridgehead atoms. The monoisotopic (exact) mass is 376 g/mol. The molecular weight excluding hydrogens is 352 g/mol. The maximum Gasteiger partial charge on any atom is 0.353 e. The highest BCUT2D eigenvalue weighted by atomic mass is 16.6. The number of nitro groups is 1. The third kappa shape index (κ3) is 4.89. The first-order valence-corrected chi connectivity index (χ1v) is 8.96. The van der Waals surface area contributed by atoms with Gasteiger partial charge in [0, 0.05) is 58.2 Å². The first-order valence-electron chi connectivity index (χ1n) is 8.96. The quantitative estimate of drug-likeness (QED) is 0.358. The number of aryl methyl sites for hydroxylation is 1. The Morgan fingerprint density at radius 1 is 1.22 bits per heavy atom. The molecule has 2 aromatic heterocycles. The fraction of sp³-hybridized carbons (Fsp3) is 0.562. The molecule has 0 aliphatic carbocycles. The van der Waals surface area contributed by atoms with Gasteiger partial charge < -0.3 is 19.9 Å². The summed E-state index contributed by atoms with van der Waals surface area (Å²) in [5, 5.41) is 23.8. The maximum absolute atomic E-state index is 11.7. The number of hydrogen-bond donors (Lipinski definition) is 2. The Morgan fingerprint density at radius 3 is 2.70 bits per heavy atom. The van der Waals surface area contributed by atoms with Gasteiger partial charge in [-0.25, -0.2) is 15.0 Å². The number of β-amino-alcohol motifs (C(OH)–C–C–N with tert-alkyl or cyclic N) is 1. The number of aliphatic hydroxyl groups is 1. The first-order chi connectivity index (χ1) is 13.2. The molecule has 0 atom stereocenters. The van der Waals surface area contributed by atoms with E-state index in [1.807, 2.05) is 15.7 Å². The van der Waals surface area contributed by atoms with Crippen molar-refractivity contribution in [2.75, 3.05) is 56.1 Å². The summed E-state index contributed by atoms with van der Waals surface area (Å²) in [4.78, 5) is 27.5. The molecular formula is C16H24N8O3. The third-order valence-electron chi connectivity index (χ3n) is 4.52. The van der Waals surface area contributed by atoms with Crippen molar-refractivity contribution in [2.45, 2.75) is 13.0 Å². The van der Waals surface area contributed by atoms with E-state index in [4.69, 9.17) is 5.11 Å². The molecule has 3 heterocycles. The van der Waals surface area contributed by atoms with Gasteiger partial charge >= 0.3 is 5.69 Å². The molecule has 0 unspecified atom stereocenters. The fourth-order valence-electron chi connectivity index (χ4n) is 3.11. The summed E-state index contributed by atoms with van der Waals surface area (Å²) in [6.45, 7) is 4.76. The van der Waals surface area contributed by atoms with E-state index in [2.05, 4.69) is 25.2 Å². The molecule has 0 aromatic carbocycles. The minimum absolute atomic E-state index is 0.0873. The standard InChI is InChI=1S/C16H24N8O3/c25-11-10-21-6-8-23(9-7-21)16-14(24(26)27)15(19-12-20-16)18-2-1-4-22-5-3-17-13-22/h3,5,12-13,25H,1-2,4,6-11H2,(H,18,19,20). The second-order valence-corrected chi connectivity index (χ2v) is 6.28. The number of rotatable bonds is 9. The van der Waals surface area contributed by atoms with Crippen molar-refractivity contribution in [1.29, 1.82) is 0 Å². The lowest BCUT2D eigenvalue weighted by molar-refractivity contribution is -0.383. The van der Waals surface area contributed by atoms with Crippen LogP contribution in [-0.2, 0) is 6.54 Å². The third-order valence-corrected chi connectivity index (χ3v) is 4.52. The van der Waals surface area contributed by atoms with Crippen LogP contribution in [0.5, 0.6) is 0 Å². The predicted octanol–water partition coefficient (Wildman–Crippen LogP) is 0.198. The lowest BCUT2D eigenvalue weighted by Crippen LogP contribution is -2.47. The highest BCUT2D eigenvalue weighted by Gasteiger charge is 2.28. The largest absolute Gasteiger partial charge is 0.395 e. The number of aliphatic hydroxyl groups excluding tert-OH is 1. The Morgan fingerprint density at radius 2 is 2.04 bits per heavy atom. The second-order valence-electron chi connectivity index (χ2n) is 6.28. The van der Waals surface area contributed by atoms with Crippen LogP contribution >= 0.6 is 0 Å². The van der Waals surface area contributed by atoms with E-state index >= 15 is 0 Å². The van der Waals surface area contributed by atoms with Crippen molar-refractivity contribution in [3.05, 3.63) is 35.2 Å². The number of nitrogens with zero attached hydrogens (tertiary/aromatic N) is 7. The molecule has 27 heavy (non-hydrogen) atoms. The van der Waals surface area contributed by atoms with Gasteiger partial charge in [-0.1, -0.05) is 0 Å². The number of nitrogens with one attached hydrogen (secondary N) is 1. The van der Waals surface area contributed by atoms with E-state index in [0.717, 1.165) is 26.1 Å². The second kappa shape index (κ2) is 9.24. The van der Waals surface area contributed by atoms with Gasteiger partial charge in [0.1, 0.15) is 6.33 Å². The fourth-order valence-corrected chi connectivity index (χ4v) is 3.11. The van der Waals surface area contributed by atoms with Crippen LogP contribution in [0.3, 0.4) is 0 Å². The van der Waals surface area contributed by atoms with Crippen LogP contribution < -0.4 is 10.2 Å². The predicted molar refractivity (Wildman–Crippen MR) is 99.8 cm³/mol. The minimum atomic E-state index is -0.423. The molecule has 2 aromatic rings. The van der Waals surface area contributed by atoms with Crippen molar-refractivity contribution in [3.8, 4) is 0 Å². The summed E-state index contributed by atoms with van der Waals surface area (Å²) in [6.07, 6.45) is 7.48. The Hall–Kier alpha value is -2.79. The summed E-state index contributed by atoms with van der Waals surface area (Å²) in [5.41, 5.74) is -0.0873. The van der Waals surface area contributed by atoms with E-state index < -0.39 is 4.92 Å². The van der Waals surface area contributed by atoms with Crippen LogP contribution in [0.15, 0.2) is 25.0 Å². The van der Waals surface area contributed by atoms with E-state index in [1.54, 1.807) is 12.5 Å². The molecule has 1 fully saturated rings. The minimum Gasteiger partial charge on any atom is -0.395 e. The molecule has 1 aliphatic rings. The van der Waals surface area contributed by atoms with Crippen LogP contribution in [0.25, 0.3) is 0 Å². The summed E-state index contributed by atoms with van der Waals surface area (Å²) >= 11 is 0. The number of anilines is 2. The summed E-state index contributed by atoms with van der Waals surface area (Å²) in [6, 6.07) is 0. The average Bonchev–Trinajstić information content (AvgIpc) is 3.19. The molecule has 0 amide bonds. The summed E-state index contributed by atoms with van der Waals surface area (Å²) < 4.78 is 1.95. The van der Waals surface area contributed by atoms with Gasteiger partial charge in [-0.15, -0.1) is 0 Å². The van der Waals surface area contributed by atoms with Crippen molar-refractivity contribution in [1.82, 2.24) is 24.4 Å². The Kier molecular flexibility index (Phi) is 6.49. The van der Waals surface area contributed by atoms with Gasteiger partial charge in [-0.2, -0.15) is 0 Å². The molecule has 2 N–H and O–H groups in total. The van der Waals surface area contributed by atoms with Crippen molar-refractivity contribution in [3.63, 3.8) is 0 Å². The zero-order chi connectivity index (χ0) is 19.1. The SMILES string of the molecule is O=[N+]([O-])c1c(NCCCn2ccnc2)ncnc1N1CCN(CCO)CC1. The van der Waals surface area contributed by atoms with Crippen molar-refractivity contribution >= 4 is 17.3 Å². The highest BCUT2D eigenvalue weighted by Crippen LogP contribution is 2.32. The molecule has 0 radical (unpaired) electrons. The van der Waals surface area contributed by atoms with Gasteiger partial charge in [0.15, 0.2) is 0 Å². The zero-order valence-electron chi connectivity index (χ0n) is 15.1. The topological polar surface area (TPSA) is 125 Å². The van der Waals surface area contributed by atoms with Crippen molar-refractivity contribution in [2.24, 2.45) is 0 Å². The molecule has 0 spiro atoms. The molecule has 146 valence electrons. The normalized spacial score (nSPS) is 15.1. The average molecular weight is 376 g/mol. The zero-order valence-corrected chi connectivity index (χ0v) is 15.1. The number of hydrogen-bond acceptors (Lipinski definition) is 9. The highest BCUT2D eigenvalue weighted by molar-refractivity contribution is 5.70. The van der Waals surface area contributed by atoms with Crippen LogP contribution in [0.2, 0.25) is 0 Å². The molecule has 11 nitrogen and oxygen atoms in total. The number of imidazole rings is 1. The molecule has 3 rings (SSSR count). The smallest absolute Gasteiger partial charge is 0.353 e. The first kappa shape index (κ1) is 19.0. The molecule has 1 aliphatic heterocycles. The van der Waals surface area contributed by atoms with Crippen LogP contribution in [-0.4, -0.2) is 80.3 Å². The molecule has 11 heteroatoms. The van der Waals surface area contributed by atoms with Crippen molar-refractivity contribution < 1.29 is 10.0 Å². The number of piperazine rings is 1. The molecule has 1 saturated heterocycles.